The van der Waals surface area contributed by atoms with Gasteiger partial charge in [0.1, 0.15) is 12.2 Å². The second kappa shape index (κ2) is 9.01. The predicted octanol–water partition coefficient (Wildman–Crippen LogP) is 1.98. The second-order valence-corrected chi connectivity index (χ2v) is 8.51. The molecule has 33 heavy (non-hydrogen) atoms. The third-order valence-corrected chi connectivity index (χ3v) is 5.90. The Hall–Kier alpha value is -3.75. The van der Waals surface area contributed by atoms with E-state index in [9.17, 15) is 19.2 Å². The third-order valence-electron chi connectivity index (χ3n) is 5.90. The first kappa shape index (κ1) is 22.4. The topological polar surface area (TPSA) is 106 Å². The fourth-order valence-electron chi connectivity index (χ4n) is 4.25. The van der Waals surface area contributed by atoms with E-state index in [4.69, 9.17) is 0 Å². The van der Waals surface area contributed by atoms with Crippen LogP contribution < -0.4 is 16.6 Å². The number of nitrogens with zero attached hydrogens (tertiary/aromatic N) is 4. The zero-order chi connectivity index (χ0) is 23.7. The number of carbonyl (C=O) groups excluding carboxylic acids is 2. The van der Waals surface area contributed by atoms with Crippen molar-refractivity contribution in [3.8, 4) is 0 Å². The SMILES string of the molecule is Cc1cccc(NC(=O)Cn2c(=O)c3c(C(=O)N4CCCCC4)cc(C)nc3n(C)c2=O)c1. The Labute approximate surface area is 190 Å². The van der Waals surface area contributed by atoms with E-state index in [1.165, 1.54) is 11.6 Å². The molecule has 0 saturated carbocycles. The minimum Gasteiger partial charge on any atom is -0.339 e. The number of aryl methyl sites for hydroxylation is 3. The van der Waals surface area contributed by atoms with Gasteiger partial charge in [-0.2, -0.15) is 0 Å². The highest BCUT2D eigenvalue weighted by Crippen LogP contribution is 2.19. The lowest BCUT2D eigenvalue weighted by molar-refractivity contribution is -0.116. The lowest BCUT2D eigenvalue weighted by atomic mass is 10.1. The van der Waals surface area contributed by atoms with Gasteiger partial charge in [0.25, 0.3) is 11.5 Å². The standard InChI is InChI=1S/C24H27N5O4/c1-15-8-7-9-17(12-15)26-19(30)14-29-23(32)20-18(22(31)28-10-5-4-6-11-28)13-16(2)25-21(20)27(3)24(29)33/h7-9,12-13H,4-6,10-11,14H2,1-3H3,(H,26,30). The van der Waals surface area contributed by atoms with Crippen LogP contribution >= 0.6 is 0 Å². The Morgan fingerprint density at radius 3 is 2.48 bits per heavy atom. The van der Waals surface area contributed by atoms with Crippen molar-refractivity contribution in [2.45, 2.75) is 39.7 Å². The molecule has 9 heteroatoms. The molecule has 2 aromatic heterocycles. The maximum atomic E-state index is 13.4. The molecule has 3 aromatic rings. The molecule has 1 aliphatic rings. The van der Waals surface area contributed by atoms with Crippen LogP contribution in [0.3, 0.4) is 0 Å². The van der Waals surface area contributed by atoms with Crippen LogP contribution in [-0.4, -0.2) is 43.9 Å². The molecule has 172 valence electrons. The molecule has 1 saturated heterocycles. The van der Waals surface area contributed by atoms with Crippen LogP contribution in [0.5, 0.6) is 0 Å². The van der Waals surface area contributed by atoms with E-state index < -0.39 is 23.7 Å². The number of amides is 2. The van der Waals surface area contributed by atoms with Crippen molar-refractivity contribution in [3.63, 3.8) is 0 Å². The number of fused-ring (bicyclic) bond motifs is 1. The van der Waals surface area contributed by atoms with Crippen LogP contribution in [-0.2, 0) is 18.4 Å². The Kier molecular flexibility index (Phi) is 6.13. The molecule has 1 N–H and O–H groups in total. The van der Waals surface area contributed by atoms with Crippen molar-refractivity contribution < 1.29 is 9.59 Å². The van der Waals surface area contributed by atoms with Gasteiger partial charge in [0.2, 0.25) is 5.91 Å². The van der Waals surface area contributed by atoms with Gasteiger partial charge < -0.3 is 10.2 Å². The Morgan fingerprint density at radius 2 is 1.79 bits per heavy atom. The van der Waals surface area contributed by atoms with Crippen LogP contribution in [0.25, 0.3) is 11.0 Å². The number of carbonyl (C=O) groups is 2. The minimum absolute atomic E-state index is 0.0571. The average molecular weight is 450 g/mol. The van der Waals surface area contributed by atoms with E-state index >= 15 is 0 Å². The zero-order valence-electron chi connectivity index (χ0n) is 19.1. The van der Waals surface area contributed by atoms with Crippen LogP contribution in [0.4, 0.5) is 5.69 Å². The van der Waals surface area contributed by atoms with Gasteiger partial charge in [0, 0.05) is 31.5 Å². The molecule has 2 amide bonds. The van der Waals surface area contributed by atoms with Gasteiger partial charge in [-0.05, 0) is 56.9 Å². The molecule has 1 aliphatic heterocycles. The highest BCUT2D eigenvalue weighted by molar-refractivity contribution is 6.05. The van der Waals surface area contributed by atoms with E-state index in [0.29, 0.717) is 24.5 Å². The van der Waals surface area contributed by atoms with Crippen LogP contribution in [0.1, 0.15) is 40.9 Å². The molecule has 4 rings (SSSR count). The number of piperidine rings is 1. The summed E-state index contributed by atoms with van der Waals surface area (Å²) in [4.78, 5) is 58.4. The Morgan fingerprint density at radius 1 is 1.06 bits per heavy atom. The zero-order valence-corrected chi connectivity index (χ0v) is 19.1. The van der Waals surface area contributed by atoms with E-state index in [1.807, 2.05) is 13.0 Å². The molecule has 3 heterocycles. The number of hydrogen-bond acceptors (Lipinski definition) is 5. The molecule has 0 aliphatic carbocycles. The Bertz CT molecular complexity index is 1370. The number of nitrogens with one attached hydrogen (secondary N) is 1. The smallest absolute Gasteiger partial charge is 0.332 e. The first-order chi connectivity index (χ1) is 15.8. The molecule has 0 bridgehead atoms. The minimum atomic E-state index is -0.694. The second-order valence-electron chi connectivity index (χ2n) is 8.51. The molecule has 0 radical (unpaired) electrons. The molecule has 1 aromatic carbocycles. The summed E-state index contributed by atoms with van der Waals surface area (Å²) in [5, 5.41) is 2.77. The van der Waals surface area contributed by atoms with Crippen molar-refractivity contribution in [3.05, 3.63) is 68.0 Å². The number of benzene rings is 1. The van der Waals surface area contributed by atoms with Gasteiger partial charge in [0.05, 0.1) is 10.9 Å². The number of rotatable bonds is 4. The molecular weight excluding hydrogens is 422 g/mol. The van der Waals surface area contributed by atoms with Crippen molar-refractivity contribution >= 4 is 28.5 Å². The van der Waals surface area contributed by atoms with E-state index in [0.717, 1.165) is 29.4 Å². The third kappa shape index (κ3) is 4.44. The summed E-state index contributed by atoms with van der Waals surface area (Å²) in [7, 11) is 1.49. The lowest BCUT2D eigenvalue weighted by Crippen LogP contribution is -2.43. The first-order valence-corrected chi connectivity index (χ1v) is 11.0. The predicted molar refractivity (Wildman–Crippen MR) is 126 cm³/mol. The first-order valence-electron chi connectivity index (χ1n) is 11.0. The van der Waals surface area contributed by atoms with E-state index in [1.54, 1.807) is 36.1 Å². The summed E-state index contributed by atoms with van der Waals surface area (Å²) in [6.45, 7) is 4.40. The number of hydrogen-bond donors (Lipinski definition) is 1. The summed E-state index contributed by atoms with van der Waals surface area (Å²) >= 11 is 0. The highest BCUT2D eigenvalue weighted by atomic mass is 16.2. The van der Waals surface area contributed by atoms with Crippen LogP contribution in [0.2, 0.25) is 0 Å². The molecule has 0 atom stereocenters. The summed E-state index contributed by atoms with van der Waals surface area (Å²) in [5.74, 6) is -0.764. The van der Waals surface area contributed by atoms with E-state index in [2.05, 4.69) is 10.3 Å². The summed E-state index contributed by atoms with van der Waals surface area (Å²) in [6, 6.07) is 8.81. The van der Waals surface area contributed by atoms with Gasteiger partial charge in [-0.1, -0.05) is 12.1 Å². The maximum Gasteiger partial charge on any atom is 0.332 e. The van der Waals surface area contributed by atoms with Crippen LogP contribution in [0.15, 0.2) is 39.9 Å². The number of likely N-dealkylation sites (tertiary alicyclic amines) is 1. The van der Waals surface area contributed by atoms with Crippen LogP contribution in [0, 0.1) is 13.8 Å². The summed E-state index contributed by atoms with van der Waals surface area (Å²) < 4.78 is 2.08. The lowest BCUT2D eigenvalue weighted by Gasteiger charge is -2.27. The van der Waals surface area contributed by atoms with E-state index in [-0.39, 0.29) is 22.5 Å². The fourth-order valence-corrected chi connectivity index (χ4v) is 4.25. The van der Waals surface area contributed by atoms with Gasteiger partial charge in [-0.15, -0.1) is 0 Å². The van der Waals surface area contributed by atoms with Crippen molar-refractivity contribution in [1.29, 1.82) is 0 Å². The van der Waals surface area contributed by atoms with Gasteiger partial charge in [-0.3, -0.25) is 23.5 Å². The molecule has 1 fully saturated rings. The maximum absolute atomic E-state index is 13.4. The summed E-state index contributed by atoms with van der Waals surface area (Å²) in [6.07, 6.45) is 2.89. The quantitative estimate of drug-likeness (QED) is 0.656. The molecule has 9 nitrogen and oxygen atoms in total. The van der Waals surface area contributed by atoms with Crippen molar-refractivity contribution in [2.24, 2.45) is 7.05 Å². The molecule has 0 spiro atoms. The summed E-state index contributed by atoms with van der Waals surface area (Å²) in [5.41, 5.74) is 1.07. The van der Waals surface area contributed by atoms with Gasteiger partial charge in [-0.25, -0.2) is 9.78 Å². The largest absolute Gasteiger partial charge is 0.339 e. The molecular formula is C24H27N5O4. The monoisotopic (exact) mass is 449 g/mol. The normalized spacial score (nSPS) is 13.8. The number of pyridine rings is 1. The number of anilines is 1. The Balaban J connectivity index is 1.79. The van der Waals surface area contributed by atoms with Crippen molar-refractivity contribution in [2.75, 3.05) is 18.4 Å². The van der Waals surface area contributed by atoms with Gasteiger partial charge in [0.15, 0.2) is 0 Å². The molecule has 0 unspecified atom stereocenters. The van der Waals surface area contributed by atoms with Gasteiger partial charge >= 0.3 is 5.69 Å². The average Bonchev–Trinajstić information content (AvgIpc) is 2.80. The van der Waals surface area contributed by atoms with Crippen molar-refractivity contribution in [1.82, 2.24) is 19.0 Å². The fraction of sp³-hybridized carbons (Fsp3) is 0.375. The highest BCUT2D eigenvalue weighted by Gasteiger charge is 2.25. The number of aromatic nitrogens is 3.